The van der Waals surface area contributed by atoms with Crippen molar-refractivity contribution in [3.8, 4) is 5.75 Å². The molecule has 0 amide bonds. The number of methoxy groups -OCH3 is 1. The van der Waals surface area contributed by atoms with Gasteiger partial charge in [-0.2, -0.15) is 0 Å². The SMILES string of the molecule is CN=C(NCc1cccc(OC)c1)NCC(c1cccs1)N1CCCC1. The van der Waals surface area contributed by atoms with Crippen molar-refractivity contribution in [2.75, 3.05) is 33.8 Å². The van der Waals surface area contributed by atoms with Crippen molar-refractivity contribution in [3.05, 3.63) is 52.2 Å². The van der Waals surface area contributed by atoms with Crippen LogP contribution >= 0.6 is 11.3 Å². The Bertz CT molecular complexity index is 696. The van der Waals surface area contributed by atoms with E-state index in [-0.39, 0.29) is 0 Å². The van der Waals surface area contributed by atoms with Crippen LogP contribution in [0.25, 0.3) is 0 Å². The molecule has 5 nitrogen and oxygen atoms in total. The predicted octanol–water partition coefficient (Wildman–Crippen LogP) is 3.26. The third-order valence-electron chi connectivity index (χ3n) is 4.73. The monoisotopic (exact) mass is 372 g/mol. The van der Waals surface area contributed by atoms with Crippen LogP contribution in [0.4, 0.5) is 0 Å². The van der Waals surface area contributed by atoms with Crippen molar-refractivity contribution in [1.82, 2.24) is 15.5 Å². The van der Waals surface area contributed by atoms with Crippen molar-refractivity contribution in [1.29, 1.82) is 0 Å². The van der Waals surface area contributed by atoms with Crippen molar-refractivity contribution in [2.24, 2.45) is 4.99 Å². The summed E-state index contributed by atoms with van der Waals surface area (Å²) in [6.07, 6.45) is 2.59. The van der Waals surface area contributed by atoms with Crippen molar-refractivity contribution >= 4 is 17.3 Å². The van der Waals surface area contributed by atoms with Gasteiger partial charge in [0, 0.05) is 25.0 Å². The number of nitrogens with zero attached hydrogens (tertiary/aromatic N) is 2. The first kappa shape index (κ1) is 18.7. The van der Waals surface area contributed by atoms with Gasteiger partial charge in [0.1, 0.15) is 5.75 Å². The number of hydrogen-bond donors (Lipinski definition) is 2. The van der Waals surface area contributed by atoms with Crippen molar-refractivity contribution in [2.45, 2.75) is 25.4 Å². The Hall–Kier alpha value is -2.05. The second-order valence-corrected chi connectivity index (χ2v) is 7.41. The van der Waals surface area contributed by atoms with Gasteiger partial charge in [-0.25, -0.2) is 0 Å². The maximum Gasteiger partial charge on any atom is 0.191 e. The number of benzene rings is 1. The number of likely N-dealkylation sites (tertiary alicyclic amines) is 1. The Morgan fingerprint density at radius 3 is 2.77 bits per heavy atom. The topological polar surface area (TPSA) is 48.9 Å². The van der Waals surface area contributed by atoms with Crippen LogP contribution in [-0.4, -0.2) is 44.7 Å². The Kier molecular flexibility index (Phi) is 6.91. The second-order valence-electron chi connectivity index (χ2n) is 6.43. The van der Waals surface area contributed by atoms with Crippen molar-refractivity contribution < 1.29 is 4.74 Å². The Labute approximate surface area is 160 Å². The quantitative estimate of drug-likeness (QED) is 0.579. The summed E-state index contributed by atoms with van der Waals surface area (Å²) in [7, 11) is 3.51. The maximum atomic E-state index is 5.29. The van der Waals surface area contributed by atoms with Crippen LogP contribution in [0.3, 0.4) is 0 Å². The fourth-order valence-electron chi connectivity index (χ4n) is 3.33. The summed E-state index contributed by atoms with van der Waals surface area (Å²) in [5, 5.41) is 9.06. The number of nitrogens with one attached hydrogen (secondary N) is 2. The van der Waals surface area contributed by atoms with Crippen LogP contribution in [0.5, 0.6) is 5.75 Å². The summed E-state index contributed by atoms with van der Waals surface area (Å²) in [4.78, 5) is 8.37. The van der Waals surface area contributed by atoms with Gasteiger partial charge in [-0.05, 0) is 55.1 Å². The molecule has 0 bridgehead atoms. The molecule has 6 heteroatoms. The standard InChI is InChI=1S/C20H28N4OS/c1-21-20(22-14-16-7-5-8-17(13-16)25-2)23-15-18(19-9-6-12-26-19)24-10-3-4-11-24/h5-9,12-13,18H,3-4,10-11,14-15H2,1-2H3,(H2,21,22,23). The Morgan fingerprint density at radius 2 is 2.08 bits per heavy atom. The van der Waals surface area contributed by atoms with E-state index in [0.29, 0.717) is 12.6 Å². The lowest BCUT2D eigenvalue weighted by Gasteiger charge is -2.27. The van der Waals surface area contributed by atoms with Crippen LogP contribution in [-0.2, 0) is 6.54 Å². The molecule has 26 heavy (non-hydrogen) atoms. The number of hydrogen-bond acceptors (Lipinski definition) is 4. The van der Waals surface area contributed by atoms with Gasteiger partial charge >= 0.3 is 0 Å². The molecule has 1 unspecified atom stereocenters. The highest BCUT2D eigenvalue weighted by Gasteiger charge is 2.24. The van der Waals surface area contributed by atoms with E-state index >= 15 is 0 Å². The van der Waals surface area contributed by atoms with Gasteiger partial charge in [0.25, 0.3) is 0 Å². The Balaban J connectivity index is 1.56. The largest absolute Gasteiger partial charge is 0.497 e. The first-order valence-electron chi connectivity index (χ1n) is 9.15. The zero-order valence-electron chi connectivity index (χ0n) is 15.6. The number of rotatable bonds is 7. The molecule has 2 N–H and O–H groups in total. The van der Waals surface area contributed by atoms with E-state index < -0.39 is 0 Å². The molecule has 1 aromatic carbocycles. The number of guanidine groups is 1. The average molecular weight is 373 g/mol. The molecule has 1 atom stereocenters. The molecule has 1 aliphatic rings. The van der Waals surface area contributed by atoms with Gasteiger partial charge in [0.05, 0.1) is 13.2 Å². The lowest BCUT2D eigenvalue weighted by molar-refractivity contribution is 0.249. The molecule has 1 saturated heterocycles. The predicted molar refractivity (Wildman–Crippen MR) is 109 cm³/mol. The van der Waals surface area contributed by atoms with Gasteiger partial charge in [0.2, 0.25) is 0 Å². The Morgan fingerprint density at radius 1 is 1.23 bits per heavy atom. The van der Waals surface area contributed by atoms with Gasteiger partial charge < -0.3 is 15.4 Å². The molecule has 1 aliphatic heterocycles. The van der Waals surface area contributed by atoms with E-state index in [1.165, 1.54) is 36.4 Å². The molecule has 1 fully saturated rings. The molecule has 0 saturated carbocycles. The lowest BCUT2D eigenvalue weighted by atomic mass is 10.2. The first-order valence-corrected chi connectivity index (χ1v) is 10.0. The van der Waals surface area contributed by atoms with E-state index in [9.17, 15) is 0 Å². The second kappa shape index (κ2) is 9.59. The fourth-order valence-corrected chi connectivity index (χ4v) is 4.19. The van der Waals surface area contributed by atoms with Crippen LogP contribution in [0.2, 0.25) is 0 Å². The van der Waals surface area contributed by atoms with Gasteiger partial charge in [-0.3, -0.25) is 9.89 Å². The first-order chi connectivity index (χ1) is 12.8. The van der Waals surface area contributed by atoms with E-state index in [4.69, 9.17) is 4.74 Å². The number of ether oxygens (including phenoxy) is 1. The highest BCUT2D eigenvalue weighted by atomic mass is 32.1. The lowest BCUT2D eigenvalue weighted by Crippen LogP contribution is -2.42. The molecule has 140 valence electrons. The molecule has 2 heterocycles. The maximum absolute atomic E-state index is 5.29. The van der Waals surface area contributed by atoms with Crippen LogP contribution in [0.15, 0.2) is 46.8 Å². The van der Waals surface area contributed by atoms with Gasteiger partial charge in [-0.15, -0.1) is 11.3 Å². The smallest absolute Gasteiger partial charge is 0.191 e. The summed E-state index contributed by atoms with van der Waals surface area (Å²) < 4.78 is 5.29. The van der Waals surface area contributed by atoms with Crippen molar-refractivity contribution in [3.63, 3.8) is 0 Å². The summed E-state index contributed by atoms with van der Waals surface area (Å²) in [5.41, 5.74) is 1.17. The molecule has 0 aliphatic carbocycles. The average Bonchev–Trinajstić information content (AvgIpc) is 3.39. The summed E-state index contributed by atoms with van der Waals surface area (Å²) in [6, 6.07) is 12.9. The minimum absolute atomic E-state index is 0.410. The molecule has 1 aromatic heterocycles. The minimum Gasteiger partial charge on any atom is -0.497 e. The molecule has 0 spiro atoms. The fraction of sp³-hybridized carbons (Fsp3) is 0.450. The molecular formula is C20H28N4OS. The summed E-state index contributed by atoms with van der Waals surface area (Å²) >= 11 is 1.84. The molecule has 2 aromatic rings. The molecular weight excluding hydrogens is 344 g/mol. The molecule has 0 radical (unpaired) electrons. The van der Waals surface area contributed by atoms with Crippen LogP contribution in [0.1, 0.15) is 29.3 Å². The van der Waals surface area contributed by atoms with Crippen LogP contribution < -0.4 is 15.4 Å². The minimum atomic E-state index is 0.410. The normalized spacial score (nSPS) is 16.5. The van der Waals surface area contributed by atoms with Gasteiger partial charge in [0.15, 0.2) is 5.96 Å². The van der Waals surface area contributed by atoms with Crippen LogP contribution in [0, 0.1) is 0 Å². The summed E-state index contributed by atoms with van der Waals surface area (Å²) in [5.74, 6) is 1.70. The van der Waals surface area contributed by atoms with E-state index in [1.807, 2.05) is 36.6 Å². The number of aliphatic imine (C=N–C) groups is 1. The summed E-state index contributed by atoms with van der Waals surface area (Å²) in [6.45, 7) is 3.93. The third-order valence-corrected chi connectivity index (χ3v) is 5.71. The highest BCUT2D eigenvalue weighted by molar-refractivity contribution is 7.10. The number of thiophene rings is 1. The van der Waals surface area contributed by atoms with E-state index in [2.05, 4.69) is 44.1 Å². The van der Waals surface area contributed by atoms with E-state index in [0.717, 1.165) is 18.3 Å². The van der Waals surface area contributed by atoms with Gasteiger partial charge in [-0.1, -0.05) is 18.2 Å². The highest BCUT2D eigenvalue weighted by Crippen LogP contribution is 2.27. The zero-order chi connectivity index (χ0) is 18.2. The van der Waals surface area contributed by atoms with E-state index in [1.54, 1.807) is 7.11 Å². The third kappa shape index (κ3) is 4.99. The molecule has 3 rings (SSSR count). The zero-order valence-corrected chi connectivity index (χ0v) is 16.4.